The van der Waals surface area contributed by atoms with Crippen LogP contribution in [0.4, 0.5) is 0 Å². The van der Waals surface area contributed by atoms with Gasteiger partial charge in [0, 0.05) is 0 Å². The van der Waals surface area contributed by atoms with Gasteiger partial charge in [0.25, 0.3) is 0 Å². The summed E-state index contributed by atoms with van der Waals surface area (Å²) in [5.74, 6) is 0. The Hall–Kier alpha value is 0.400. The van der Waals surface area contributed by atoms with Crippen LogP contribution in [-0.2, 0) is 0 Å². The second kappa shape index (κ2) is 9.61. The van der Waals surface area contributed by atoms with Gasteiger partial charge in [0.2, 0.25) is 0 Å². The van der Waals surface area contributed by atoms with Gasteiger partial charge in [0.15, 0.2) is 0 Å². The molecule has 1 N–H and O–H groups in total. The quantitative estimate of drug-likeness (QED) is 0.537. The molecule has 1 saturated heterocycles. The van der Waals surface area contributed by atoms with E-state index in [4.69, 9.17) is 0 Å². The van der Waals surface area contributed by atoms with Gasteiger partial charge in [-0.15, -0.1) is 0 Å². The molecule has 1 rings (SSSR count). The van der Waals surface area contributed by atoms with Gasteiger partial charge in [0.1, 0.15) is 6.67 Å². The SMILES string of the molecule is CCCCCCCC[NH+]1CCN(C)C1.[Br-]. The van der Waals surface area contributed by atoms with Crippen LogP contribution in [0.15, 0.2) is 0 Å². The lowest BCUT2D eigenvalue weighted by Crippen LogP contribution is -3.10. The summed E-state index contributed by atoms with van der Waals surface area (Å²) in [4.78, 5) is 4.23. The maximum Gasteiger partial charge on any atom is 0.133 e. The molecule has 0 spiro atoms. The van der Waals surface area contributed by atoms with Crippen LogP contribution in [0.3, 0.4) is 0 Å². The number of nitrogens with one attached hydrogen (secondary N) is 1. The summed E-state index contributed by atoms with van der Waals surface area (Å²) in [7, 11) is 2.23. The predicted molar refractivity (Wildman–Crippen MR) is 61.6 cm³/mol. The van der Waals surface area contributed by atoms with E-state index < -0.39 is 0 Å². The van der Waals surface area contributed by atoms with Crippen LogP contribution in [0.1, 0.15) is 45.4 Å². The Kier molecular flexibility index (Phi) is 9.87. The number of halogens is 1. The van der Waals surface area contributed by atoms with Gasteiger partial charge in [-0.1, -0.05) is 32.6 Å². The van der Waals surface area contributed by atoms with Gasteiger partial charge in [-0.05, 0) is 19.9 Å². The van der Waals surface area contributed by atoms with Crippen molar-refractivity contribution in [1.29, 1.82) is 0 Å². The summed E-state index contributed by atoms with van der Waals surface area (Å²) in [5.41, 5.74) is 0. The lowest BCUT2D eigenvalue weighted by atomic mass is 10.1. The molecular formula is C12H27BrN2. The van der Waals surface area contributed by atoms with Crippen molar-refractivity contribution >= 4 is 0 Å². The van der Waals surface area contributed by atoms with E-state index in [0.717, 1.165) is 0 Å². The number of unbranched alkanes of at least 4 members (excludes halogenated alkanes) is 5. The fourth-order valence-corrected chi connectivity index (χ4v) is 2.25. The molecule has 0 aliphatic carbocycles. The Bertz CT molecular complexity index is 142. The topological polar surface area (TPSA) is 7.68 Å². The molecule has 1 aliphatic heterocycles. The molecule has 15 heavy (non-hydrogen) atoms. The van der Waals surface area contributed by atoms with E-state index in [1.807, 2.05) is 0 Å². The first-order valence-corrected chi connectivity index (χ1v) is 6.35. The third-order valence-electron chi connectivity index (χ3n) is 3.22. The molecule has 1 unspecified atom stereocenters. The van der Waals surface area contributed by atoms with E-state index in [2.05, 4.69) is 18.9 Å². The van der Waals surface area contributed by atoms with Crippen molar-refractivity contribution in [2.75, 3.05) is 33.4 Å². The minimum Gasteiger partial charge on any atom is -1.00 e. The molecule has 0 aromatic rings. The van der Waals surface area contributed by atoms with Crippen LogP contribution in [0.2, 0.25) is 0 Å². The molecule has 92 valence electrons. The van der Waals surface area contributed by atoms with Gasteiger partial charge in [0.05, 0.1) is 19.6 Å². The van der Waals surface area contributed by atoms with Crippen LogP contribution in [0, 0.1) is 0 Å². The first kappa shape index (κ1) is 15.4. The molecule has 0 bridgehead atoms. The average Bonchev–Trinajstić information content (AvgIpc) is 2.58. The molecule has 1 heterocycles. The Morgan fingerprint density at radius 1 is 1.07 bits per heavy atom. The zero-order chi connectivity index (χ0) is 10.2. The second-order valence-corrected chi connectivity index (χ2v) is 4.76. The van der Waals surface area contributed by atoms with E-state index in [1.54, 1.807) is 4.90 Å². The lowest BCUT2D eigenvalue weighted by Gasteiger charge is -2.12. The van der Waals surface area contributed by atoms with E-state index in [9.17, 15) is 0 Å². The molecule has 1 aliphatic rings. The Balaban J connectivity index is 0.00000196. The largest absolute Gasteiger partial charge is 1.00 e. The van der Waals surface area contributed by atoms with Crippen molar-refractivity contribution in [2.24, 2.45) is 0 Å². The van der Waals surface area contributed by atoms with E-state index in [0.29, 0.717) is 0 Å². The number of rotatable bonds is 7. The van der Waals surface area contributed by atoms with Crippen molar-refractivity contribution in [1.82, 2.24) is 4.90 Å². The fourth-order valence-electron chi connectivity index (χ4n) is 2.25. The number of nitrogens with zero attached hydrogens (tertiary/aromatic N) is 1. The Morgan fingerprint density at radius 3 is 2.33 bits per heavy atom. The van der Waals surface area contributed by atoms with Gasteiger partial charge >= 0.3 is 0 Å². The van der Waals surface area contributed by atoms with Crippen LogP contribution in [0.5, 0.6) is 0 Å². The number of quaternary nitrogens is 1. The maximum atomic E-state index is 2.44. The molecule has 0 radical (unpaired) electrons. The minimum atomic E-state index is 0. The van der Waals surface area contributed by atoms with Gasteiger partial charge in [-0.2, -0.15) is 0 Å². The highest BCUT2D eigenvalue weighted by atomic mass is 79.9. The first-order valence-electron chi connectivity index (χ1n) is 6.35. The standard InChI is InChI=1S/C12H26N2.BrH/c1-3-4-5-6-7-8-9-14-11-10-13(2)12-14;/h3-12H2,1-2H3;1H. The molecule has 0 aromatic heterocycles. The monoisotopic (exact) mass is 278 g/mol. The summed E-state index contributed by atoms with van der Waals surface area (Å²) >= 11 is 0. The lowest BCUT2D eigenvalue weighted by molar-refractivity contribution is -0.891. The highest BCUT2D eigenvalue weighted by Crippen LogP contribution is 2.03. The second-order valence-electron chi connectivity index (χ2n) is 4.76. The summed E-state index contributed by atoms with van der Waals surface area (Å²) in [6.07, 6.45) is 8.59. The smallest absolute Gasteiger partial charge is 0.133 e. The molecule has 3 heteroatoms. The molecular weight excluding hydrogens is 252 g/mol. The molecule has 0 aromatic carbocycles. The average molecular weight is 279 g/mol. The zero-order valence-corrected chi connectivity index (χ0v) is 12.0. The summed E-state index contributed by atoms with van der Waals surface area (Å²) in [5, 5.41) is 0. The predicted octanol–water partition coefficient (Wildman–Crippen LogP) is -1.86. The third kappa shape index (κ3) is 7.31. The van der Waals surface area contributed by atoms with E-state index in [-0.39, 0.29) is 17.0 Å². The highest BCUT2D eigenvalue weighted by Gasteiger charge is 2.18. The first-order chi connectivity index (χ1) is 6.83. The number of hydrogen-bond acceptors (Lipinski definition) is 1. The van der Waals surface area contributed by atoms with Crippen LogP contribution < -0.4 is 21.9 Å². The maximum absolute atomic E-state index is 2.44. The van der Waals surface area contributed by atoms with Crippen molar-refractivity contribution < 1.29 is 21.9 Å². The van der Waals surface area contributed by atoms with Gasteiger partial charge in [-0.3, -0.25) is 4.90 Å². The van der Waals surface area contributed by atoms with Crippen LogP contribution in [-0.4, -0.2) is 38.3 Å². The summed E-state index contributed by atoms with van der Waals surface area (Å²) in [6.45, 7) is 7.62. The summed E-state index contributed by atoms with van der Waals surface area (Å²) < 4.78 is 0. The van der Waals surface area contributed by atoms with Crippen molar-refractivity contribution in [3.05, 3.63) is 0 Å². The van der Waals surface area contributed by atoms with Crippen LogP contribution >= 0.6 is 0 Å². The molecule has 1 atom stereocenters. The zero-order valence-electron chi connectivity index (χ0n) is 10.4. The van der Waals surface area contributed by atoms with Crippen molar-refractivity contribution in [3.63, 3.8) is 0 Å². The highest BCUT2D eigenvalue weighted by molar-refractivity contribution is 4.50. The Labute approximate surface area is 106 Å². The molecule has 2 nitrogen and oxygen atoms in total. The summed E-state index contributed by atoms with van der Waals surface area (Å²) in [6, 6.07) is 0. The molecule has 0 saturated carbocycles. The van der Waals surface area contributed by atoms with E-state index >= 15 is 0 Å². The van der Waals surface area contributed by atoms with Gasteiger partial charge < -0.3 is 21.9 Å². The number of likely N-dealkylation sites (N-methyl/N-ethyl adjacent to an activating group) is 1. The van der Waals surface area contributed by atoms with Crippen molar-refractivity contribution in [2.45, 2.75) is 45.4 Å². The Morgan fingerprint density at radius 2 is 1.73 bits per heavy atom. The molecule has 0 amide bonds. The van der Waals surface area contributed by atoms with Crippen LogP contribution in [0.25, 0.3) is 0 Å². The van der Waals surface area contributed by atoms with Gasteiger partial charge in [-0.25, -0.2) is 0 Å². The minimum absolute atomic E-state index is 0. The normalized spacial score (nSPS) is 21.6. The number of hydrogen-bond donors (Lipinski definition) is 1. The fraction of sp³-hybridized carbons (Fsp3) is 1.00. The molecule has 1 fully saturated rings. The third-order valence-corrected chi connectivity index (χ3v) is 3.22. The van der Waals surface area contributed by atoms with E-state index in [1.165, 1.54) is 64.8 Å². The van der Waals surface area contributed by atoms with Crippen molar-refractivity contribution in [3.8, 4) is 0 Å².